The maximum absolute atomic E-state index is 10.9. The van der Waals surface area contributed by atoms with Gasteiger partial charge in [0.2, 0.25) is 5.91 Å². The van der Waals surface area contributed by atoms with Crippen molar-refractivity contribution in [1.29, 1.82) is 0 Å². The third-order valence-corrected chi connectivity index (χ3v) is 4.68. The number of hydrogen-bond donors (Lipinski definition) is 2. The molecule has 6 heteroatoms. The van der Waals surface area contributed by atoms with E-state index in [9.17, 15) is 9.90 Å². The summed E-state index contributed by atoms with van der Waals surface area (Å²) in [5.41, 5.74) is 2.33. The lowest BCUT2D eigenvalue weighted by Gasteiger charge is -2.14. The topological polar surface area (TPSA) is 61.8 Å². The molecule has 32 heavy (non-hydrogen) atoms. The van der Waals surface area contributed by atoms with Crippen molar-refractivity contribution in [3.8, 4) is 11.5 Å². The second-order valence-electron chi connectivity index (χ2n) is 6.90. The van der Waals surface area contributed by atoms with E-state index < -0.39 is 0 Å². The summed E-state index contributed by atoms with van der Waals surface area (Å²) in [6, 6.07) is 15.3. The molecule has 2 aromatic rings. The van der Waals surface area contributed by atoms with Crippen LogP contribution in [0.4, 0.5) is 0 Å². The zero-order valence-corrected chi connectivity index (χ0v) is 21.1. The zero-order chi connectivity index (χ0) is 24.2. The smallest absolute Gasteiger partial charge is 0.219 e. The summed E-state index contributed by atoms with van der Waals surface area (Å²) in [5.74, 6) is 1.25. The van der Waals surface area contributed by atoms with Gasteiger partial charge in [-0.05, 0) is 61.8 Å². The van der Waals surface area contributed by atoms with Gasteiger partial charge in [-0.3, -0.25) is 4.79 Å². The summed E-state index contributed by atoms with van der Waals surface area (Å²) >= 11 is 3.13. The molecule has 0 aliphatic heterocycles. The third-order valence-electron chi connectivity index (χ3n) is 4.22. The van der Waals surface area contributed by atoms with Crippen LogP contribution in [0.15, 0.2) is 73.8 Å². The van der Waals surface area contributed by atoms with E-state index in [1.807, 2.05) is 25.2 Å². The molecule has 0 heterocycles. The number of carbonyl (C=O) groups excluding carboxylic acids is 1. The lowest BCUT2D eigenvalue weighted by molar-refractivity contribution is -0.127. The third kappa shape index (κ3) is 15.3. The van der Waals surface area contributed by atoms with E-state index in [4.69, 9.17) is 4.74 Å². The number of aromatic hydroxyl groups is 1. The second-order valence-corrected chi connectivity index (χ2v) is 7.55. The number of nitrogens with zero attached hydrogens (tertiary/aromatic N) is 1. The molecule has 0 saturated heterocycles. The van der Waals surface area contributed by atoms with Gasteiger partial charge >= 0.3 is 0 Å². The Morgan fingerprint density at radius 2 is 1.75 bits per heavy atom. The highest BCUT2D eigenvalue weighted by atomic mass is 79.9. The van der Waals surface area contributed by atoms with Gasteiger partial charge in [0.25, 0.3) is 0 Å². The van der Waals surface area contributed by atoms with Gasteiger partial charge in [-0.1, -0.05) is 58.9 Å². The van der Waals surface area contributed by atoms with Crippen LogP contribution in [0.1, 0.15) is 18.1 Å². The van der Waals surface area contributed by atoms with E-state index in [0.717, 1.165) is 36.0 Å². The van der Waals surface area contributed by atoms with Gasteiger partial charge < -0.3 is 20.1 Å². The minimum Gasteiger partial charge on any atom is -0.508 e. The highest BCUT2D eigenvalue weighted by molar-refractivity contribution is 9.09. The molecule has 0 aliphatic carbocycles. The molecule has 0 fully saturated rings. The van der Waals surface area contributed by atoms with Gasteiger partial charge in [0.15, 0.2) is 0 Å². The molecule has 1 amide bonds. The minimum absolute atomic E-state index is 0.0603. The van der Waals surface area contributed by atoms with Crippen molar-refractivity contribution in [3.05, 3.63) is 85.0 Å². The summed E-state index contributed by atoms with van der Waals surface area (Å²) in [4.78, 5) is 12.6. The lowest BCUT2D eigenvalue weighted by Crippen LogP contribution is -2.26. The van der Waals surface area contributed by atoms with Crippen molar-refractivity contribution in [2.75, 3.05) is 39.1 Å². The molecule has 0 bridgehead atoms. The zero-order valence-electron chi connectivity index (χ0n) is 19.5. The molecule has 2 aromatic carbocycles. The summed E-state index contributed by atoms with van der Waals surface area (Å²) in [6.07, 6.45) is 5.34. The molecule has 176 valence electrons. The predicted octanol–water partition coefficient (Wildman–Crippen LogP) is 4.99. The molecule has 0 spiro atoms. The molecule has 5 nitrogen and oxygen atoms in total. The van der Waals surface area contributed by atoms with Crippen LogP contribution in [0.25, 0.3) is 0 Å². The number of hydrogen-bond acceptors (Lipinski definition) is 4. The van der Waals surface area contributed by atoms with Crippen molar-refractivity contribution >= 4 is 21.8 Å². The lowest BCUT2D eigenvalue weighted by atomic mass is 10.1. The first-order chi connectivity index (χ1) is 15.4. The van der Waals surface area contributed by atoms with Crippen LogP contribution in [0.5, 0.6) is 11.5 Å². The number of amides is 1. The molecule has 0 aliphatic rings. The quantitative estimate of drug-likeness (QED) is 0.353. The number of carbonyl (C=O) groups is 1. The Hall–Kier alpha value is -2.57. The van der Waals surface area contributed by atoms with Gasteiger partial charge in [-0.2, -0.15) is 0 Å². The summed E-state index contributed by atoms with van der Waals surface area (Å²) < 4.78 is 5.44. The fourth-order valence-electron chi connectivity index (χ4n) is 2.38. The van der Waals surface area contributed by atoms with Crippen molar-refractivity contribution in [1.82, 2.24) is 10.2 Å². The maximum Gasteiger partial charge on any atom is 0.219 e. The van der Waals surface area contributed by atoms with Gasteiger partial charge in [-0.15, -0.1) is 6.58 Å². The molecule has 0 radical (unpaired) electrons. The van der Waals surface area contributed by atoms with E-state index in [2.05, 4.69) is 46.5 Å². The molecule has 2 N–H and O–H groups in total. The van der Waals surface area contributed by atoms with E-state index in [-0.39, 0.29) is 11.7 Å². The number of nitrogens with one attached hydrogen (secondary N) is 1. The Morgan fingerprint density at radius 3 is 2.28 bits per heavy atom. The van der Waals surface area contributed by atoms with Gasteiger partial charge in [0.05, 0.1) is 0 Å². The maximum atomic E-state index is 10.9. The summed E-state index contributed by atoms with van der Waals surface area (Å²) in [6.45, 7) is 10.8. The SMILES string of the molecule is C=CCBr.C=CCOc1cccc(CCNC)c1.CC(=O)N(C)CCc1cccc(O)c1. The average Bonchev–Trinajstić information content (AvgIpc) is 2.80. The van der Waals surface area contributed by atoms with Gasteiger partial charge in [-0.25, -0.2) is 0 Å². The van der Waals surface area contributed by atoms with Crippen molar-refractivity contribution in [2.45, 2.75) is 19.8 Å². The highest BCUT2D eigenvalue weighted by Crippen LogP contribution is 2.13. The summed E-state index contributed by atoms with van der Waals surface area (Å²) in [7, 11) is 3.73. The van der Waals surface area contributed by atoms with Crippen molar-refractivity contribution in [3.63, 3.8) is 0 Å². The minimum atomic E-state index is 0.0603. The van der Waals surface area contributed by atoms with Crippen molar-refractivity contribution < 1.29 is 14.6 Å². The van der Waals surface area contributed by atoms with E-state index in [1.165, 1.54) is 5.56 Å². The number of benzene rings is 2. The Bertz CT molecular complexity index is 796. The largest absolute Gasteiger partial charge is 0.508 e. The van der Waals surface area contributed by atoms with Crippen LogP contribution in [-0.2, 0) is 17.6 Å². The van der Waals surface area contributed by atoms with Crippen LogP contribution < -0.4 is 10.1 Å². The van der Waals surface area contributed by atoms with Crippen molar-refractivity contribution in [2.24, 2.45) is 0 Å². The average molecular weight is 505 g/mol. The standard InChI is InChI=1S/C12H17NO.C11H15NO2.C3H5Br/c1-3-9-14-12-6-4-5-11(10-12)7-8-13-2;1-9(13)12(2)7-6-10-4-3-5-11(14)8-10;1-2-3-4/h3-6,10,13H,1,7-9H2,2H3;3-5,8,14H,6-7H2,1-2H3;2H,1,3H2. The van der Waals surface area contributed by atoms with Gasteiger partial charge in [0.1, 0.15) is 18.1 Å². The Kier molecular flexibility index (Phi) is 17.6. The molecule has 2 rings (SSSR count). The van der Waals surface area contributed by atoms with Crippen LogP contribution in [0, 0.1) is 0 Å². The number of rotatable bonds is 10. The van der Waals surface area contributed by atoms with E-state index in [0.29, 0.717) is 13.2 Å². The number of alkyl halides is 1. The predicted molar refractivity (Wildman–Crippen MR) is 139 cm³/mol. The number of allylic oxidation sites excluding steroid dienone is 1. The van der Waals surface area contributed by atoms with Crippen LogP contribution in [-0.4, -0.2) is 55.0 Å². The van der Waals surface area contributed by atoms with Crippen LogP contribution in [0.3, 0.4) is 0 Å². The monoisotopic (exact) mass is 504 g/mol. The highest BCUT2D eigenvalue weighted by Gasteiger charge is 2.02. The number of phenols is 1. The molecule has 0 aromatic heterocycles. The molecule has 0 saturated carbocycles. The molecule has 0 unspecified atom stereocenters. The number of phenolic OH excluding ortho intramolecular Hbond substituents is 1. The first-order valence-electron chi connectivity index (χ1n) is 10.5. The fourth-order valence-corrected chi connectivity index (χ4v) is 2.38. The normalized spacial score (nSPS) is 9.38. The molecule has 0 atom stereocenters. The van der Waals surface area contributed by atoms with Crippen LogP contribution >= 0.6 is 15.9 Å². The molecular formula is C26H37BrN2O3. The first kappa shape index (κ1) is 29.4. The Balaban J connectivity index is 0.000000515. The van der Waals surface area contributed by atoms with Gasteiger partial charge in [0, 0.05) is 25.8 Å². The fraction of sp³-hybridized carbons (Fsp3) is 0.346. The number of ether oxygens (including phenoxy) is 1. The first-order valence-corrected chi connectivity index (χ1v) is 11.6. The molecular weight excluding hydrogens is 468 g/mol. The Labute approximate surface area is 201 Å². The second kappa shape index (κ2) is 19.1. The van der Waals surface area contributed by atoms with Crippen LogP contribution in [0.2, 0.25) is 0 Å². The number of halogens is 1. The van der Waals surface area contributed by atoms with E-state index in [1.54, 1.807) is 49.2 Å². The van der Waals surface area contributed by atoms with E-state index >= 15 is 0 Å². The number of likely N-dealkylation sites (N-methyl/N-ethyl adjacent to an activating group) is 2. The summed E-state index contributed by atoms with van der Waals surface area (Å²) in [5, 5.41) is 13.2. The Morgan fingerprint density at radius 1 is 1.12 bits per heavy atom.